The number of nitrogens with one attached hydrogen (secondary N) is 2. The lowest BCUT2D eigenvalue weighted by Crippen LogP contribution is -2.45. The zero-order valence-corrected chi connectivity index (χ0v) is 14.9. The van der Waals surface area contributed by atoms with E-state index in [4.69, 9.17) is 9.47 Å². The lowest BCUT2D eigenvalue weighted by molar-refractivity contribution is -0.383. The Balaban J connectivity index is 2.32. The molecule has 1 atom stereocenters. The Kier molecular flexibility index (Phi) is 5.44. The standard InChI is InChI=1S/C16H20N4O6/c1-16(2,3)26-15(22)17-11(14(21)25-4)8-10-13-9(18-19-10)6-5-7-12(13)20(23)24/h5-7,11H,8H2,1-4H3,(H,17,22)(H,18,19)/t11-/m0/s1. The summed E-state index contributed by atoms with van der Waals surface area (Å²) in [4.78, 5) is 34.7. The zero-order chi connectivity index (χ0) is 19.5. The molecule has 0 spiro atoms. The Morgan fingerprint density at radius 2 is 2.08 bits per heavy atom. The molecule has 0 aliphatic rings. The van der Waals surface area contributed by atoms with E-state index in [2.05, 4.69) is 15.5 Å². The quantitative estimate of drug-likeness (QED) is 0.471. The minimum Gasteiger partial charge on any atom is -0.467 e. The van der Waals surface area contributed by atoms with Crippen LogP contribution in [0.2, 0.25) is 0 Å². The predicted octanol–water partition coefficient (Wildman–Crippen LogP) is 2.08. The molecule has 0 fully saturated rings. The van der Waals surface area contributed by atoms with Crippen LogP contribution in [0.5, 0.6) is 0 Å². The summed E-state index contributed by atoms with van der Waals surface area (Å²) < 4.78 is 9.84. The summed E-state index contributed by atoms with van der Waals surface area (Å²) in [6.45, 7) is 5.06. The molecule has 2 rings (SSSR count). The van der Waals surface area contributed by atoms with Crippen molar-refractivity contribution in [3.63, 3.8) is 0 Å². The number of amides is 1. The number of hydrogen-bond acceptors (Lipinski definition) is 7. The van der Waals surface area contributed by atoms with E-state index in [1.807, 2.05) is 0 Å². The van der Waals surface area contributed by atoms with Gasteiger partial charge in [0.1, 0.15) is 17.0 Å². The largest absolute Gasteiger partial charge is 0.467 e. The number of carbonyl (C=O) groups excluding carboxylic acids is 2. The summed E-state index contributed by atoms with van der Waals surface area (Å²) in [5, 5.41) is 20.7. The van der Waals surface area contributed by atoms with E-state index in [1.165, 1.54) is 19.2 Å². The molecule has 140 valence electrons. The molecule has 0 saturated heterocycles. The highest BCUT2D eigenvalue weighted by Gasteiger charge is 2.28. The highest BCUT2D eigenvalue weighted by atomic mass is 16.6. The van der Waals surface area contributed by atoms with Crippen molar-refractivity contribution >= 4 is 28.7 Å². The van der Waals surface area contributed by atoms with E-state index in [0.717, 1.165) is 0 Å². The first kappa shape index (κ1) is 19.2. The molecule has 0 unspecified atom stereocenters. The number of H-pyrrole nitrogens is 1. The van der Waals surface area contributed by atoms with Crippen LogP contribution in [-0.4, -0.2) is 45.9 Å². The number of nitro groups is 1. The molecule has 1 heterocycles. The number of rotatable bonds is 5. The molecule has 1 amide bonds. The third-order valence-corrected chi connectivity index (χ3v) is 3.42. The van der Waals surface area contributed by atoms with Gasteiger partial charge in [0.05, 0.1) is 23.2 Å². The predicted molar refractivity (Wildman–Crippen MR) is 91.6 cm³/mol. The van der Waals surface area contributed by atoms with Crippen molar-refractivity contribution in [2.45, 2.75) is 38.8 Å². The number of fused-ring (bicyclic) bond motifs is 1. The minimum atomic E-state index is -1.10. The highest BCUT2D eigenvalue weighted by molar-refractivity contribution is 5.91. The van der Waals surface area contributed by atoms with Crippen LogP contribution in [0, 0.1) is 10.1 Å². The number of nitro benzene ring substituents is 1. The van der Waals surface area contributed by atoms with Gasteiger partial charge in [0.15, 0.2) is 0 Å². The molecule has 10 heteroatoms. The third kappa shape index (κ3) is 4.47. The topological polar surface area (TPSA) is 136 Å². The molecule has 10 nitrogen and oxygen atoms in total. The van der Waals surface area contributed by atoms with Gasteiger partial charge in [-0.25, -0.2) is 9.59 Å². The van der Waals surface area contributed by atoms with Gasteiger partial charge >= 0.3 is 12.1 Å². The number of aromatic nitrogens is 2. The SMILES string of the molecule is COC(=O)[C@H](Cc1[nH]nc2cccc([N+](=O)[O-])c12)NC(=O)OC(C)(C)C. The van der Waals surface area contributed by atoms with Gasteiger partial charge in [0.2, 0.25) is 0 Å². The van der Waals surface area contributed by atoms with Gasteiger partial charge in [-0.2, -0.15) is 5.10 Å². The minimum absolute atomic E-state index is 0.0761. The first-order valence-electron chi connectivity index (χ1n) is 7.80. The fourth-order valence-electron chi connectivity index (χ4n) is 2.40. The van der Waals surface area contributed by atoms with Crippen molar-refractivity contribution in [3.8, 4) is 0 Å². The number of non-ortho nitro benzene ring substituents is 1. The van der Waals surface area contributed by atoms with E-state index in [-0.39, 0.29) is 17.5 Å². The number of carbonyl (C=O) groups is 2. The molecular formula is C16H20N4O6. The molecule has 1 aromatic heterocycles. The Labute approximate surface area is 149 Å². The number of alkyl carbamates (subject to hydrolysis) is 1. The van der Waals surface area contributed by atoms with Crippen LogP contribution in [0.25, 0.3) is 10.9 Å². The maximum Gasteiger partial charge on any atom is 0.408 e. The van der Waals surface area contributed by atoms with Crippen LogP contribution >= 0.6 is 0 Å². The molecule has 0 radical (unpaired) electrons. The van der Waals surface area contributed by atoms with E-state index in [0.29, 0.717) is 11.2 Å². The normalized spacial score (nSPS) is 12.5. The fraction of sp³-hybridized carbons (Fsp3) is 0.438. The molecule has 2 N–H and O–H groups in total. The molecule has 0 aliphatic carbocycles. The Morgan fingerprint density at radius 3 is 2.65 bits per heavy atom. The monoisotopic (exact) mass is 364 g/mol. The van der Waals surface area contributed by atoms with Crippen molar-refractivity contribution in [2.75, 3.05) is 7.11 Å². The Hall–Kier alpha value is -3.17. The van der Waals surface area contributed by atoms with Crippen LogP contribution in [0.15, 0.2) is 18.2 Å². The molecule has 0 bridgehead atoms. The summed E-state index contributed by atoms with van der Waals surface area (Å²) in [5.74, 6) is -0.711. The number of esters is 1. The van der Waals surface area contributed by atoms with Crippen molar-refractivity contribution in [2.24, 2.45) is 0 Å². The van der Waals surface area contributed by atoms with Gasteiger partial charge in [-0.05, 0) is 26.8 Å². The summed E-state index contributed by atoms with van der Waals surface area (Å²) in [7, 11) is 1.18. The third-order valence-electron chi connectivity index (χ3n) is 3.42. The van der Waals surface area contributed by atoms with Gasteiger partial charge in [-0.1, -0.05) is 6.07 Å². The second kappa shape index (κ2) is 7.38. The van der Waals surface area contributed by atoms with Crippen LogP contribution in [-0.2, 0) is 20.7 Å². The number of aromatic amines is 1. The van der Waals surface area contributed by atoms with Crippen LogP contribution in [0.1, 0.15) is 26.5 Å². The molecule has 2 aromatic rings. The van der Waals surface area contributed by atoms with E-state index < -0.39 is 28.6 Å². The number of hydrogen-bond donors (Lipinski definition) is 2. The number of nitrogens with zero attached hydrogens (tertiary/aromatic N) is 2. The van der Waals surface area contributed by atoms with Gasteiger partial charge in [0, 0.05) is 12.5 Å². The van der Waals surface area contributed by atoms with Crippen LogP contribution in [0.4, 0.5) is 10.5 Å². The molecular weight excluding hydrogens is 344 g/mol. The number of benzene rings is 1. The van der Waals surface area contributed by atoms with Gasteiger partial charge in [0.25, 0.3) is 5.69 Å². The highest BCUT2D eigenvalue weighted by Crippen LogP contribution is 2.27. The van der Waals surface area contributed by atoms with Gasteiger partial charge in [-0.3, -0.25) is 15.2 Å². The van der Waals surface area contributed by atoms with E-state index in [1.54, 1.807) is 26.8 Å². The second-order valence-corrected chi connectivity index (χ2v) is 6.56. The average molecular weight is 364 g/mol. The van der Waals surface area contributed by atoms with Crippen LogP contribution in [0.3, 0.4) is 0 Å². The first-order chi connectivity index (χ1) is 12.1. The maximum atomic E-state index is 12.0. The molecule has 26 heavy (non-hydrogen) atoms. The lowest BCUT2D eigenvalue weighted by Gasteiger charge is -2.22. The summed E-state index contributed by atoms with van der Waals surface area (Å²) in [6.07, 6.45) is -0.876. The number of methoxy groups -OCH3 is 1. The fourth-order valence-corrected chi connectivity index (χ4v) is 2.40. The summed E-state index contributed by atoms with van der Waals surface area (Å²) in [6, 6.07) is 3.37. The smallest absolute Gasteiger partial charge is 0.408 e. The summed E-state index contributed by atoms with van der Waals surface area (Å²) >= 11 is 0. The van der Waals surface area contributed by atoms with Crippen molar-refractivity contribution in [3.05, 3.63) is 34.0 Å². The Morgan fingerprint density at radius 1 is 1.38 bits per heavy atom. The van der Waals surface area contributed by atoms with Gasteiger partial charge in [-0.15, -0.1) is 0 Å². The molecule has 1 aromatic carbocycles. The Bertz CT molecular complexity index is 839. The van der Waals surface area contributed by atoms with Gasteiger partial charge < -0.3 is 14.8 Å². The average Bonchev–Trinajstić information content (AvgIpc) is 2.94. The van der Waals surface area contributed by atoms with Crippen molar-refractivity contribution < 1.29 is 24.0 Å². The van der Waals surface area contributed by atoms with Crippen molar-refractivity contribution in [1.29, 1.82) is 0 Å². The molecule has 0 saturated carbocycles. The van der Waals surface area contributed by atoms with E-state index in [9.17, 15) is 19.7 Å². The molecule has 0 aliphatic heterocycles. The maximum absolute atomic E-state index is 12.0. The first-order valence-corrected chi connectivity index (χ1v) is 7.80. The van der Waals surface area contributed by atoms with Crippen molar-refractivity contribution in [1.82, 2.24) is 15.5 Å². The second-order valence-electron chi connectivity index (χ2n) is 6.56. The summed E-state index contributed by atoms with van der Waals surface area (Å²) in [5.41, 5.74) is -0.175. The lowest BCUT2D eigenvalue weighted by atomic mass is 10.1. The van der Waals surface area contributed by atoms with Crippen LogP contribution < -0.4 is 5.32 Å². The number of ether oxygens (including phenoxy) is 2. The zero-order valence-electron chi connectivity index (χ0n) is 14.9. The van der Waals surface area contributed by atoms with E-state index >= 15 is 0 Å².